The fourth-order valence-electron chi connectivity index (χ4n) is 3.30. The maximum absolute atomic E-state index is 12.6. The number of hydrogen-bond acceptors (Lipinski definition) is 4. The quantitative estimate of drug-likeness (QED) is 0.897. The molecule has 3 atom stereocenters. The zero-order valence-electron chi connectivity index (χ0n) is 10.8. The topological polar surface area (TPSA) is 87.6 Å². The van der Waals surface area contributed by atoms with Gasteiger partial charge in [-0.2, -0.15) is 4.31 Å². The van der Waals surface area contributed by atoms with E-state index in [-0.39, 0.29) is 10.9 Å². The highest BCUT2D eigenvalue weighted by atomic mass is 32.2. The Labute approximate surface area is 117 Å². The summed E-state index contributed by atoms with van der Waals surface area (Å²) in [5.74, 6) is -1.36. The molecular weight excluding hydrogens is 280 g/mol. The number of fused-ring (bicyclic) bond motifs is 3. The molecule has 0 amide bonds. The molecule has 4 rings (SSSR count). The van der Waals surface area contributed by atoms with E-state index in [2.05, 4.69) is 4.98 Å². The molecule has 7 heteroatoms. The van der Waals surface area contributed by atoms with Crippen LogP contribution >= 0.6 is 0 Å². The number of rotatable bonds is 3. The number of nitrogens with zero attached hydrogens (tertiary/aromatic N) is 2. The molecule has 3 fully saturated rings. The maximum atomic E-state index is 12.6. The second-order valence-electron chi connectivity index (χ2n) is 5.43. The van der Waals surface area contributed by atoms with Crippen LogP contribution < -0.4 is 0 Å². The standard InChI is InChI=1S/C13H16N2O4S/c16-13(17)10-7-9-4-5-11(10)15(8-9)20(18,19)12-3-1-2-6-14-12/h1-3,6,9-11H,4-5,7-8H2,(H,16,17). The van der Waals surface area contributed by atoms with Crippen LogP contribution in [0.15, 0.2) is 29.4 Å². The Kier molecular flexibility index (Phi) is 3.25. The summed E-state index contributed by atoms with van der Waals surface area (Å²) in [5, 5.41) is 9.27. The average Bonchev–Trinajstić information content (AvgIpc) is 2.48. The molecule has 3 heterocycles. The van der Waals surface area contributed by atoms with Crippen LogP contribution in [0.2, 0.25) is 0 Å². The first-order valence-electron chi connectivity index (χ1n) is 6.66. The van der Waals surface area contributed by atoms with E-state index in [1.54, 1.807) is 12.1 Å². The molecule has 6 nitrogen and oxygen atoms in total. The largest absolute Gasteiger partial charge is 0.481 e. The van der Waals surface area contributed by atoms with Crippen LogP contribution in [0.25, 0.3) is 0 Å². The molecule has 20 heavy (non-hydrogen) atoms. The Morgan fingerprint density at radius 3 is 2.75 bits per heavy atom. The molecule has 3 unspecified atom stereocenters. The van der Waals surface area contributed by atoms with E-state index >= 15 is 0 Å². The number of sulfonamides is 1. The average molecular weight is 296 g/mol. The molecule has 3 aliphatic rings. The summed E-state index contributed by atoms with van der Waals surface area (Å²) in [6, 6.07) is 4.29. The second kappa shape index (κ2) is 4.82. The van der Waals surface area contributed by atoms with Crippen LogP contribution in [-0.2, 0) is 14.8 Å². The third-order valence-electron chi connectivity index (χ3n) is 4.26. The van der Waals surface area contributed by atoms with E-state index in [1.165, 1.54) is 16.6 Å². The van der Waals surface area contributed by atoms with Gasteiger partial charge < -0.3 is 5.11 Å². The number of carbonyl (C=O) groups is 1. The summed E-state index contributed by atoms with van der Waals surface area (Å²) in [4.78, 5) is 15.2. The Morgan fingerprint density at radius 2 is 2.15 bits per heavy atom. The van der Waals surface area contributed by atoms with Gasteiger partial charge in [0.15, 0.2) is 5.03 Å². The Morgan fingerprint density at radius 1 is 1.35 bits per heavy atom. The summed E-state index contributed by atoms with van der Waals surface area (Å²) >= 11 is 0. The van der Waals surface area contributed by atoms with Gasteiger partial charge in [0.2, 0.25) is 0 Å². The fraction of sp³-hybridized carbons (Fsp3) is 0.538. The molecule has 2 aliphatic heterocycles. The summed E-state index contributed by atoms with van der Waals surface area (Å²) < 4.78 is 26.6. The van der Waals surface area contributed by atoms with Crippen molar-refractivity contribution >= 4 is 16.0 Å². The third-order valence-corrected chi connectivity index (χ3v) is 6.07. The molecular formula is C13H16N2O4S. The van der Waals surface area contributed by atoms with Crippen LogP contribution in [0.5, 0.6) is 0 Å². The number of pyridine rings is 1. The number of hydrogen-bond donors (Lipinski definition) is 1. The molecule has 2 saturated heterocycles. The predicted molar refractivity (Wildman–Crippen MR) is 70.4 cm³/mol. The highest BCUT2D eigenvalue weighted by molar-refractivity contribution is 7.89. The minimum absolute atomic E-state index is 0.00307. The highest BCUT2D eigenvalue weighted by Crippen LogP contribution is 2.41. The molecule has 0 aromatic carbocycles. The third kappa shape index (κ3) is 2.10. The molecule has 1 aliphatic carbocycles. The van der Waals surface area contributed by atoms with E-state index in [4.69, 9.17) is 0 Å². The van der Waals surface area contributed by atoms with Gasteiger partial charge in [0, 0.05) is 18.8 Å². The highest BCUT2D eigenvalue weighted by Gasteiger charge is 2.48. The van der Waals surface area contributed by atoms with Crippen molar-refractivity contribution < 1.29 is 18.3 Å². The minimum atomic E-state index is -3.70. The summed E-state index contributed by atoms with van der Waals surface area (Å²) in [5.41, 5.74) is 0. The smallest absolute Gasteiger partial charge is 0.308 e. The van der Waals surface area contributed by atoms with E-state index in [9.17, 15) is 18.3 Å². The van der Waals surface area contributed by atoms with Crippen molar-refractivity contribution in [3.8, 4) is 0 Å². The van der Waals surface area contributed by atoms with Crippen LogP contribution in [0.4, 0.5) is 0 Å². The van der Waals surface area contributed by atoms with E-state index in [0.717, 1.165) is 6.42 Å². The Bertz CT molecular complexity index is 617. The van der Waals surface area contributed by atoms with Crippen LogP contribution in [-0.4, -0.2) is 41.4 Å². The van der Waals surface area contributed by atoms with Gasteiger partial charge >= 0.3 is 5.97 Å². The van der Waals surface area contributed by atoms with Gasteiger partial charge in [-0.15, -0.1) is 0 Å². The number of carboxylic acid groups (broad SMARTS) is 1. The summed E-state index contributed by atoms with van der Waals surface area (Å²) in [6.07, 6.45) is 3.54. The lowest BCUT2D eigenvalue weighted by Crippen LogP contribution is -2.57. The van der Waals surface area contributed by atoms with E-state index < -0.39 is 28.0 Å². The minimum Gasteiger partial charge on any atom is -0.481 e. The van der Waals surface area contributed by atoms with Gasteiger partial charge in [0.1, 0.15) is 0 Å². The lowest BCUT2D eigenvalue weighted by molar-refractivity contribution is -0.147. The molecule has 108 valence electrons. The van der Waals surface area contributed by atoms with Crippen LogP contribution in [0, 0.1) is 11.8 Å². The van der Waals surface area contributed by atoms with Gasteiger partial charge in [-0.1, -0.05) is 6.07 Å². The first kappa shape index (κ1) is 13.5. The van der Waals surface area contributed by atoms with Crippen molar-refractivity contribution in [3.63, 3.8) is 0 Å². The van der Waals surface area contributed by atoms with Crippen molar-refractivity contribution in [2.45, 2.75) is 30.3 Å². The number of carboxylic acids is 1. The maximum Gasteiger partial charge on any atom is 0.308 e. The molecule has 0 radical (unpaired) electrons. The molecule has 1 aromatic heterocycles. The van der Waals surface area contributed by atoms with E-state index in [1.807, 2.05) is 0 Å². The number of piperidine rings is 2. The van der Waals surface area contributed by atoms with Crippen molar-refractivity contribution in [2.75, 3.05) is 6.54 Å². The molecule has 2 bridgehead atoms. The van der Waals surface area contributed by atoms with Gasteiger partial charge in [-0.05, 0) is 37.3 Å². The van der Waals surface area contributed by atoms with Crippen molar-refractivity contribution in [2.24, 2.45) is 11.8 Å². The first-order valence-corrected chi connectivity index (χ1v) is 8.10. The monoisotopic (exact) mass is 296 g/mol. The fourth-order valence-corrected chi connectivity index (χ4v) is 5.00. The zero-order chi connectivity index (χ0) is 14.3. The van der Waals surface area contributed by atoms with Gasteiger partial charge in [0.05, 0.1) is 5.92 Å². The Balaban J connectivity index is 1.96. The van der Waals surface area contributed by atoms with Gasteiger partial charge in [-0.25, -0.2) is 13.4 Å². The normalized spacial score (nSPS) is 30.3. The van der Waals surface area contributed by atoms with Crippen LogP contribution in [0.1, 0.15) is 19.3 Å². The number of aromatic nitrogens is 1. The molecule has 1 aromatic rings. The van der Waals surface area contributed by atoms with E-state index in [0.29, 0.717) is 19.4 Å². The zero-order valence-corrected chi connectivity index (χ0v) is 11.7. The molecule has 0 spiro atoms. The van der Waals surface area contributed by atoms with Gasteiger partial charge in [0.25, 0.3) is 10.0 Å². The van der Waals surface area contributed by atoms with Crippen molar-refractivity contribution in [1.82, 2.24) is 9.29 Å². The van der Waals surface area contributed by atoms with Crippen molar-refractivity contribution in [3.05, 3.63) is 24.4 Å². The summed E-state index contributed by atoms with van der Waals surface area (Å²) in [7, 11) is -3.70. The Hall–Kier alpha value is -1.47. The predicted octanol–water partition coefficient (Wildman–Crippen LogP) is 0.955. The SMILES string of the molecule is O=C(O)C1CC2CCC1N(S(=O)(=O)c1ccccn1)C2. The molecule has 1 saturated carbocycles. The lowest BCUT2D eigenvalue weighted by atomic mass is 9.74. The number of aliphatic carboxylic acids is 1. The van der Waals surface area contributed by atoms with Gasteiger partial charge in [-0.3, -0.25) is 4.79 Å². The molecule has 1 N–H and O–H groups in total. The second-order valence-corrected chi connectivity index (χ2v) is 7.27. The lowest BCUT2D eigenvalue weighted by Gasteiger charge is -2.47. The first-order chi connectivity index (χ1) is 9.50. The van der Waals surface area contributed by atoms with Crippen LogP contribution in [0.3, 0.4) is 0 Å². The summed E-state index contributed by atoms with van der Waals surface area (Å²) in [6.45, 7) is 0.410. The van der Waals surface area contributed by atoms with Crippen molar-refractivity contribution in [1.29, 1.82) is 0 Å².